The molecule has 0 saturated carbocycles. The number of anilines is 1. The molecule has 6 nitrogen and oxygen atoms in total. The second-order valence-corrected chi connectivity index (χ2v) is 6.29. The molecule has 2 heterocycles. The number of carbonyl (C=O) groups excluding carboxylic acids is 1. The van der Waals surface area contributed by atoms with E-state index in [-0.39, 0.29) is 5.97 Å². The number of piperazine rings is 1. The molecule has 0 radical (unpaired) electrons. The normalized spacial score (nSPS) is 15.2. The van der Waals surface area contributed by atoms with Crippen LogP contribution in [0.2, 0.25) is 0 Å². The van der Waals surface area contributed by atoms with Crippen LogP contribution in [0.3, 0.4) is 0 Å². The van der Waals surface area contributed by atoms with Crippen LogP contribution in [-0.2, 0) is 11.3 Å². The SMILES string of the molecule is COC(=O)c1cc(C[NH+]2CCN(c3cccc(OC)c3)CC2)oc1C. The van der Waals surface area contributed by atoms with Crippen molar-refractivity contribution in [2.75, 3.05) is 45.3 Å². The van der Waals surface area contributed by atoms with E-state index in [4.69, 9.17) is 13.9 Å². The number of benzene rings is 1. The Kier molecular flexibility index (Phi) is 5.28. The zero-order valence-corrected chi connectivity index (χ0v) is 15.0. The van der Waals surface area contributed by atoms with Gasteiger partial charge in [-0.1, -0.05) is 6.07 Å². The molecule has 0 aliphatic carbocycles. The summed E-state index contributed by atoms with van der Waals surface area (Å²) in [7, 11) is 3.08. The molecule has 0 spiro atoms. The number of nitrogens with one attached hydrogen (secondary N) is 1. The molecule has 0 amide bonds. The molecule has 3 rings (SSSR count). The summed E-state index contributed by atoms with van der Waals surface area (Å²) in [5.41, 5.74) is 1.71. The monoisotopic (exact) mass is 345 g/mol. The van der Waals surface area contributed by atoms with Gasteiger partial charge in [0.25, 0.3) is 0 Å². The van der Waals surface area contributed by atoms with Crippen LogP contribution in [0, 0.1) is 6.92 Å². The predicted molar refractivity (Wildman–Crippen MR) is 94.4 cm³/mol. The van der Waals surface area contributed by atoms with E-state index in [2.05, 4.69) is 17.0 Å². The number of quaternary nitrogens is 1. The van der Waals surface area contributed by atoms with E-state index in [1.165, 1.54) is 17.7 Å². The summed E-state index contributed by atoms with van der Waals surface area (Å²) >= 11 is 0. The minimum absolute atomic E-state index is 0.342. The summed E-state index contributed by atoms with van der Waals surface area (Å²) in [5.74, 6) is 2.00. The molecule has 6 heteroatoms. The van der Waals surface area contributed by atoms with Crippen molar-refractivity contribution in [1.82, 2.24) is 0 Å². The van der Waals surface area contributed by atoms with E-state index in [0.717, 1.165) is 44.2 Å². The van der Waals surface area contributed by atoms with Gasteiger partial charge in [-0.3, -0.25) is 0 Å². The predicted octanol–water partition coefficient (Wildman–Crippen LogP) is 1.29. The molecule has 1 aromatic heterocycles. The maximum absolute atomic E-state index is 11.7. The summed E-state index contributed by atoms with van der Waals surface area (Å²) in [4.78, 5) is 15.5. The Labute approximate surface area is 147 Å². The van der Waals surface area contributed by atoms with E-state index >= 15 is 0 Å². The van der Waals surface area contributed by atoms with Crippen LogP contribution in [-0.4, -0.2) is 46.4 Å². The molecule has 134 valence electrons. The van der Waals surface area contributed by atoms with Gasteiger partial charge in [-0.2, -0.15) is 0 Å². The first-order valence-corrected chi connectivity index (χ1v) is 8.51. The third kappa shape index (κ3) is 3.96. The highest BCUT2D eigenvalue weighted by molar-refractivity contribution is 5.90. The first-order chi connectivity index (χ1) is 12.1. The summed E-state index contributed by atoms with van der Waals surface area (Å²) in [6.45, 7) is 6.57. The van der Waals surface area contributed by atoms with E-state index in [0.29, 0.717) is 11.3 Å². The molecule has 2 aromatic rings. The molecular weight excluding hydrogens is 320 g/mol. The number of furan rings is 1. The summed E-state index contributed by atoms with van der Waals surface area (Å²) in [6, 6.07) is 9.98. The maximum atomic E-state index is 11.7. The van der Waals surface area contributed by atoms with Gasteiger partial charge in [0.1, 0.15) is 23.6 Å². The lowest BCUT2D eigenvalue weighted by molar-refractivity contribution is -0.915. The molecular formula is C19H25N2O4+. The number of hydrogen-bond acceptors (Lipinski definition) is 5. The van der Waals surface area contributed by atoms with Gasteiger partial charge in [-0.05, 0) is 19.1 Å². The molecule has 1 fully saturated rings. The molecule has 0 unspecified atom stereocenters. The molecule has 0 bridgehead atoms. The highest BCUT2D eigenvalue weighted by Gasteiger charge is 2.23. The third-order valence-electron chi connectivity index (χ3n) is 4.69. The lowest BCUT2D eigenvalue weighted by atomic mass is 10.2. The fourth-order valence-corrected chi connectivity index (χ4v) is 3.25. The fraction of sp³-hybridized carbons (Fsp3) is 0.421. The van der Waals surface area contributed by atoms with Crippen LogP contribution in [0.4, 0.5) is 5.69 Å². The molecule has 1 aliphatic rings. The fourth-order valence-electron chi connectivity index (χ4n) is 3.25. The van der Waals surface area contributed by atoms with Crippen molar-refractivity contribution in [3.05, 3.63) is 47.4 Å². The van der Waals surface area contributed by atoms with Gasteiger partial charge in [0.2, 0.25) is 0 Å². The third-order valence-corrected chi connectivity index (χ3v) is 4.69. The van der Waals surface area contributed by atoms with Crippen LogP contribution in [0.15, 0.2) is 34.7 Å². The van der Waals surface area contributed by atoms with Gasteiger partial charge >= 0.3 is 5.97 Å². The average Bonchev–Trinajstić information content (AvgIpc) is 3.02. The lowest BCUT2D eigenvalue weighted by Gasteiger charge is -2.33. The first-order valence-electron chi connectivity index (χ1n) is 8.51. The number of rotatable bonds is 5. The number of nitrogens with zero attached hydrogens (tertiary/aromatic N) is 1. The second-order valence-electron chi connectivity index (χ2n) is 6.29. The number of aryl methyl sites for hydroxylation is 1. The molecule has 0 atom stereocenters. The largest absolute Gasteiger partial charge is 0.497 e. The van der Waals surface area contributed by atoms with Gasteiger partial charge in [0, 0.05) is 17.8 Å². The van der Waals surface area contributed by atoms with E-state index in [1.807, 2.05) is 18.2 Å². The number of esters is 1. The zero-order valence-electron chi connectivity index (χ0n) is 15.0. The number of methoxy groups -OCH3 is 2. The van der Waals surface area contributed by atoms with Gasteiger partial charge in [-0.15, -0.1) is 0 Å². The highest BCUT2D eigenvalue weighted by atomic mass is 16.5. The van der Waals surface area contributed by atoms with Gasteiger partial charge in [-0.25, -0.2) is 4.79 Å². The second kappa shape index (κ2) is 7.61. The first kappa shape index (κ1) is 17.4. The standard InChI is InChI=1S/C19H24N2O4/c1-14-18(19(22)24-3)12-17(25-14)13-20-7-9-21(10-8-20)15-5-4-6-16(11-15)23-2/h4-6,11-12H,7-10,13H2,1-3H3/p+1. The number of carbonyl (C=O) groups is 1. The van der Waals surface area contributed by atoms with Crippen molar-refractivity contribution in [3.63, 3.8) is 0 Å². The van der Waals surface area contributed by atoms with Crippen LogP contribution in [0.25, 0.3) is 0 Å². The molecule has 1 N–H and O–H groups in total. The molecule has 1 aromatic carbocycles. The Morgan fingerprint density at radius 1 is 1.24 bits per heavy atom. The van der Waals surface area contributed by atoms with Crippen LogP contribution >= 0.6 is 0 Å². The van der Waals surface area contributed by atoms with E-state index in [1.54, 1.807) is 14.0 Å². The Morgan fingerprint density at radius 3 is 2.68 bits per heavy atom. The Hall–Kier alpha value is -2.47. The van der Waals surface area contributed by atoms with Crippen molar-refractivity contribution in [1.29, 1.82) is 0 Å². The topological polar surface area (TPSA) is 56.4 Å². The smallest absolute Gasteiger partial charge is 0.341 e. The minimum Gasteiger partial charge on any atom is -0.497 e. The highest BCUT2D eigenvalue weighted by Crippen LogP contribution is 2.21. The summed E-state index contributed by atoms with van der Waals surface area (Å²) < 4.78 is 15.8. The zero-order chi connectivity index (χ0) is 17.8. The van der Waals surface area contributed by atoms with Crippen molar-refractivity contribution >= 4 is 11.7 Å². The van der Waals surface area contributed by atoms with Crippen molar-refractivity contribution in [3.8, 4) is 5.75 Å². The van der Waals surface area contributed by atoms with E-state index in [9.17, 15) is 4.79 Å². The average molecular weight is 345 g/mol. The van der Waals surface area contributed by atoms with Crippen molar-refractivity contribution in [2.45, 2.75) is 13.5 Å². The maximum Gasteiger partial charge on any atom is 0.341 e. The summed E-state index contributed by atoms with van der Waals surface area (Å²) in [6.07, 6.45) is 0. The van der Waals surface area contributed by atoms with Gasteiger partial charge in [0.05, 0.1) is 40.4 Å². The molecule has 1 saturated heterocycles. The number of hydrogen-bond donors (Lipinski definition) is 1. The molecule has 25 heavy (non-hydrogen) atoms. The van der Waals surface area contributed by atoms with Gasteiger partial charge in [0.15, 0.2) is 5.76 Å². The van der Waals surface area contributed by atoms with Crippen molar-refractivity contribution in [2.24, 2.45) is 0 Å². The van der Waals surface area contributed by atoms with Crippen LogP contribution < -0.4 is 14.5 Å². The van der Waals surface area contributed by atoms with Gasteiger partial charge < -0.3 is 23.7 Å². The Morgan fingerprint density at radius 2 is 2.00 bits per heavy atom. The Balaban J connectivity index is 1.58. The molecule has 1 aliphatic heterocycles. The lowest BCUT2D eigenvalue weighted by Crippen LogP contribution is -3.13. The van der Waals surface area contributed by atoms with Crippen LogP contribution in [0.5, 0.6) is 5.75 Å². The quantitative estimate of drug-likeness (QED) is 0.828. The van der Waals surface area contributed by atoms with Crippen molar-refractivity contribution < 1.29 is 23.6 Å². The van der Waals surface area contributed by atoms with Crippen LogP contribution in [0.1, 0.15) is 21.9 Å². The Bertz CT molecular complexity index is 733. The minimum atomic E-state index is -0.342. The number of ether oxygens (including phenoxy) is 2. The summed E-state index contributed by atoms with van der Waals surface area (Å²) in [5, 5.41) is 0. The van der Waals surface area contributed by atoms with E-state index < -0.39 is 0 Å².